The van der Waals surface area contributed by atoms with Gasteiger partial charge in [0.2, 0.25) is 0 Å². The van der Waals surface area contributed by atoms with Gasteiger partial charge in [0, 0.05) is 24.5 Å². The fourth-order valence-electron chi connectivity index (χ4n) is 2.39. The topological polar surface area (TPSA) is 29.9 Å². The molecule has 0 aliphatic rings. The second-order valence-corrected chi connectivity index (χ2v) is 5.10. The van der Waals surface area contributed by atoms with Gasteiger partial charge in [0.15, 0.2) is 0 Å². The zero-order valence-corrected chi connectivity index (χ0v) is 11.9. The number of hydrogen-bond acceptors (Lipinski definition) is 2. The average Bonchev–Trinajstić information content (AvgIpc) is 2.90. The van der Waals surface area contributed by atoms with Crippen LogP contribution in [0.3, 0.4) is 0 Å². The van der Waals surface area contributed by atoms with Crippen molar-refractivity contribution in [2.45, 2.75) is 38.7 Å². The standard InChI is InChI=1S/C15H18F3N3/c1-11(10-21-9-5-8-19-21)20-12(2)13-6-3-4-7-14(13)15(16,17)18/h3-9,11-12,20H,10H2,1-2H3. The van der Waals surface area contributed by atoms with E-state index < -0.39 is 17.8 Å². The zero-order chi connectivity index (χ0) is 15.5. The van der Waals surface area contributed by atoms with Gasteiger partial charge in [-0.15, -0.1) is 0 Å². The number of nitrogens with one attached hydrogen (secondary N) is 1. The Morgan fingerprint density at radius 2 is 1.90 bits per heavy atom. The van der Waals surface area contributed by atoms with Crippen LogP contribution in [-0.4, -0.2) is 15.8 Å². The highest BCUT2D eigenvalue weighted by molar-refractivity contribution is 5.32. The first-order valence-electron chi connectivity index (χ1n) is 6.77. The minimum Gasteiger partial charge on any atom is -0.306 e. The molecule has 0 bridgehead atoms. The molecule has 1 N–H and O–H groups in total. The monoisotopic (exact) mass is 297 g/mol. The molecule has 0 aliphatic heterocycles. The average molecular weight is 297 g/mol. The summed E-state index contributed by atoms with van der Waals surface area (Å²) in [6.07, 6.45) is -0.834. The molecule has 0 saturated heterocycles. The number of halogens is 3. The maximum atomic E-state index is 13.0. The first kappa shape index (κ1) is 15.6. The Kier molecular flexibility index (Phi) is 4.67. The second-order valence-electron chi connectivity index (χ2n) is 5.10. The van der Waals surface area contributed by atoms with Gasteiger partial charge in [0.05, 0.1) is 12.1 Å². The smallest absolute Gasteiger partial charge is 0.306 e. The van der Waals surface area contributed by atoms with Crippen LogP contribution >= 0.6 is 0 Å². The van der Waals surface area contributed by atoms with Crippen molar-refractivity contribution in [1.29, 1.82) is 0 Å². The SMILES string of the molecule is CC(Cn1cccn1)NC(C)c1ccccc1C(F)(F)F. The summed E-state index contributed by atoms with van der Waals surface area (Å²) in [4.78, 5) is 0. The normalized spacial score (nSPS) is 14.9. The van der Waals surface area contributed by atoms with Crippen LogP contribution in [0.1, 0.15) is 31.0 Å². The van der Waals surface area contributed by atoms with Crippen LogP contribution in [0.15, 0.2) is 42.7 Å². The third-order valence-electron chi connectivity index (χ3n) is 3.29. The van der Waals surface area contributed by atoms with Crippen LogP contribution in [0.25, 0.3) is 0 Å². The maximum absolute atomic E-state index is 13.0. The number of hydrogen-bond donors (Lipinski definition) is 1. The Hall–Kier alpha value is -1.82. The molecule has 3 nitrogen and oxygen atoms in total. The highest BCUT2D eigenvalue weighted by atomic mass is 19.4. The van der Waals surface area contributed by atoms with Crippen molar-refractivity contribution >= 4 is 0 Å². The van der Waals surface area contributed by atoms with E-state index in [1.807, 2.05) is 19.2 Å². The summed E-state index contributed by atoms with van der Waals surface area (Å²) >= 11 is 0. The predicted molar refractivity (Wildman–Crippen MR) is 74.7 cm³/mol. The largest absolute Gasteiger partial charge is 0.416 e. The molecule has 114 valence electrons. The minimum absolute atomic E-state index is 0.00110. The van der Waals surface area contributed by atoms with Gasteiger partial charge in [-0.05, 0) is 31.5 Å². The lowest BCUT2D eigenvalue weighted by Crippen LogP contribution is -2.33. The van der Waals surface area contributed by atoms with Gasteiger partial charge in [0.25, 0.3) is 0 Å². The van der Waals surface area contributed by atoms with E-state index >= 15 is 0 Å². The number of rotatable bonds is 5. The summed E-state index contributed by atoms with van der Waals surface area (Å²) in [5, 5.41) is 7.28. The summed E-state index contributed by atoms with van der Waals surface area (Å²) in [6.45, 7) is 4.27. The van der Waals surface area contributed by atoms with Crippen LogP contribution < -0.4 is 5.32 Å². The van der Waals surface area contributed by atoms with Gasteiger partial charge in [0.1, 0.15) is 0 Å². The van der Waals surface area contributed by atoms with E-state index in [1.165, 1.54) is 12.1 Å². The maximum Gasteiger partial charge on any atom is 0.416 e. The Bertz CT molecular complexity index is 564. The number of aromatic nitrogens is 2. The molecule has 1 aromatic carbocycles. The van der Waals surface area contributed by atoms with Crippen molar-refractivity contribution in [3.05, 3.63) is 53.9 Å². The fraction of sp³-hybridized carbons (Fsp3) is 0.400. The van der Waals surface area contributed by atoms with Crippen molar-refractivity contribution < 1.29 is 13.2 Å². The van der Waals surface area contributed by atoms with Gasteiger partial charge < -0.3 is 5.32 Å². The van der Waals surface area contributed by atoms with Gasteiger partial charge in [-0.1, -0.05) is 18.2 Å². The second kappa shape index (κ2) is 6.30. The molecule has 1 heterocycles. The Morgan fingerprint density at radius 1 is 1.19 bits per heavy atom. The van der Waals surface area contributed by atoms with Crippen LogP contribution in [0.2, 0.25) is 0 Å². The van der Waals surface area contributed by atoms with Crippen molar-refractivity contribution in [3.8, 4) is 0 Å². The molecule has 0 fully saturated rings. The van der Waals surface area contributed by atoms with Crippen molar-refractivity contribution in [2.24, 2.45) is 0 Å². The molecule has 6 heteroatoms. The first-order valence-corrected chi connectivity index (χ1v) is 6.77. The van der Waals surface area contributed by atoms with Gasteiger partial charge in [-0.3, -0.25) is 4.68 Å². The van der Waals surface area contributed by atoms with E-state index in [-0.39, 0.29) is 11.6 Å². The molecule has 0 amide bonds. The molecule has 0 radical (unpaired) electrons. The van der Waals surface area contributed by atoms with E-state index in [2.05, 4.69) is 10.4 Å². The molecule has 0 saturated carbocycles. The molecule has 0 spiro atoms. The third kappa shape index (κ3) is 4.07. The molecule has 2 rings (SSSR count). The van der Waals surface area contributed by atoms with Crippen molar-refractivity contribution in [3.63, 3.8) is 0 Å². The summed E-state index contributed by atoms with van der Waals surface area (Å²) in [5.41, 5.74) is -0.325. The zero-order valence-electron chi connectivity index (χ0n) is 11.9. The van der Waals surface area contributed by atoms with E-state index in [9.17, 15) is 13.2 Å². The predicted octanol–water partition coefficient (Wildman–Crippen LogP) is 3.64. The van der Waals surface area contributed by atoms with Crippen LogP contribution in [0.5, 0.6) is 0 Å². The summed E-state index contributed by atoms with van der Waals surface area (Å²) in [7, 11) is 0. The minimum atomic E-state index is -4.34. The molecule has 2 atom stereocenters. The number of benzene rings is 1. The Balaban J connectivity index is 2.08. The van der Waals surface area contributed by atoms with Crippen molar-refractivity contribution in [1.82, 2.24) is 15.1 Å². The molecule has 21 heavy (non-hydrogen) atoms. The molecular formula is C15H18F3N3. The number of alkyl halides is 3. The Morgan fingerprint density at radius 3 is 2.52 bits per heavy atom. The Labute approximate surface area is 121 Å². The lowest BCUT2D eigenvalue weighted by molar-refractivity contribution is -0.138. The molecule has 1 aromatic heterocycles. The summed E-state index contributed by atoms with van der Waals surface area (Å²) < 4.78 is 40.8. The highest BCUT2D eigenvalue weighted by Gasteiger charge is 2.34. The molecule has 2 aromatic rings. The van der Waals surface area contributed by atoms with E-state index in [1.54, 1.807) is 23.9 Å². The molecule has 2 unspecified atom stereocenters. The highest BCUT2D eigenvalue weighted by Crippen LogP contribution is 2.34. The first-order chi connectivity index (χ1) is 9.88. The molecular weight excluding hydrogens is 279 g/mol. The summed E-state index contributed by atoms with van der Waals surface area (Å²) in [6, 6.07) is 7.09. The van der Waals surface area contributed by atoms with E-state index in [0.29, 0.717) is 6.54 Å². The summed E-state index contributed by atoms with van der Waals surface area (Å²) in [5.74, 6) is 0. The lowest BCUT2D eigenvalue weighted by Gasteiger charge is -2.23. The number of nitrogens with zero attached hydrogens (tertiary/aromatic N) is 2. The lowest BCUT2D eigenvalue weighted by atomic mass is 10.0. The third-order valence-corrected chi connectivity index (χ3v) is 3.29. The van der Waals surface area contributed by atoms with Gasteiger partial charge >= 0.3 is 6.18 Å². The van der Waals surface area contributed by atoms with Crippen LogP contribution in [0, 0.1) is 0 Å². The van der Waals surface area contributed by atoms with Crippen LogP contribution in [-0.2, 0) is 12.7 Å². The fourth-order valence-corrected chi connectivity index (χ4v) is 2.39. The quantitative estimate of drug-likeness (QED) is 0.913. The van der Waals surface area contributed by atoms with Gasteiger partial charge in [-0.2, -0.15) is 18.3 Å². The van der Waals surface area contributed by atoms with E-state index in [0.717, 1.165) is 6.07 Å². The van der Waals surface area contributed by atoms with E-state index in [4.69, 9.17) is 0 Å². The van der Waals surface area contributed by atoms with Gasteiger partial charge in [-0.25, -0.2) is 0 Å². The van der Waals surface area contributed by atoms with Crippen LogP contribution in [0.4, 0.5) is 13.2 Å². The van der Waals surface area contributed by atoms with Crippen molar-refractivity contribution in [2.75, 3.05) is 0 Å². The molecule has 0 aliphatic carbocycles.